The van der Waals surface area contributed by atoms with E-state index in [4.69, 9.17) is 9.72 Å². The molecule has 0 unspecified atom stereocenters. The second kappa shape index (κ2) is 15.8. The lowest BCUT2D eigenvalue weighted by molar-refractivity contribution is 0.211. The van der Waals surface area contributed by atoms with E-state index in [1.165, 1.54) is 0 Å². The maximum absolute atomic E-state index is 13.4. The maximum atomic E-state index is 13.4. The summed E-state index contributed by atoms with van der Waals surface area (Å²) in [5.74, 6) is 1.11. The summed E-state index contributed by atoms with van der Waals surface area (Å²) in [5.41, 5.74) is 9.28. The number of ether oxygens (including phenoxy) is 1. The summed E-state index contributed by atoms with van der Waals surface area (Å²) < 4.78 is 18.7. The number of nitrogens with zero attached hydrogens (tertiary/aromatic N) is 3. The molecular formula is C24H42FN9O2. The Morgan fingerprint density at radius 2 is 1.72 bits per heavy atom. The van der Waals surface area contributed by atoms with Gasteiger partial charge in [-0.3, -0.25) is 0 Å². The molecule has 0 aliphatic rings. The van der Waals surface area contributed by atoms with Crippen LogP contribution >= 0.6 is 0 Å². The maximum Gasteiger partial charge on any atom is 0.193 e. The third-order valence-electron chi connectivity index (χ3n) is 4.95. The highest BCUT2D eigenvalue weighted by molar-refractivity contribution is 5.95. The molecule has 36 heavy (non-hydrogen) atoms. The van der Waals surface area contributed by atoms with Gasteiger partial charge >= 0.3 is 0 Å². The van der Waals surface area contributed by atoms with Crippen molar-refractivity contribution in [1.82, 2.24) is 15.8 Å². The molecule has 0 aliphatic carbocycles. The van der Waals surface area contributed by atoms with Gasteiger partial charge in [-0.1, -0.05) is 18.2 Å². The highest BCUT2D eigenvalue weighted by Gasteiger charge is 2.27. The molecule has 0 amide bonds. The highest BCUT2D eigenvalue weighted by atomic mass is 19.1. The van der Waals surface area contributed by atoms with Crippen molar-refractivity contribution >= 4 is 34.4 Å². The molecule has 12 heteroatoms. The minimum absolute atomic E-state index is 0.0523. The zero-order valence-electron chi connectivity index (χ0n) is 22.0. The summed E-state index contributed by atoms with van der Waals surface area (Å²) in [4.78, 5) is 4.99. The predicted octanol–water partition coefficient (Wildman–Crippen LogP) is 2.63. The standard InChI is InChI=1S/C24H42FN9O2/c1-6-27-23-21(31-18(2)3)20(28-14-16-35)22(29-15-17-36-5)24(32-23)34(30-13-12-25)33(26-4)19-10-8-7-9-11-19/h7-11,18,26,29-31,35H,6,12-17H2,1-5H3,(H2,27,28,32). The average molecular weight is 508 g/mol. The Balaban J connectivity index is 2.80. The van der Waals surface area contributed by atoms with E-state index in [0.717, 1.165) is 17.1 Å². The number of pyridine rings is 1. The number of nitrogens with one attached hydrogen (secondary N) is 6. The number of para-hydroxylation sites is 1. The van der Waals surface area contributed by atoms with E-state index >= 15 is 0 Å². The monoisotopic (exact) mass is 507 g/mol. The molecule has 0 atom stereocenters. The van der Waals surface area contributed by atoms with Crippen molar-refractivity contribution in [2.75, 3.05) is 91.7 Å². The van der Waals surface area contributed by atoms with Gasteiger partial charge in [0.25, 0.3) is 0 Å². The van der Waals surface area contributed by atoms with E-state index in [0.29, 0.717) is 43.6 Å². The molecule has 1 aromatic heterocycles. The number of hydrazine groups is 3. The predicted molar refractivity (Wildman–Crippen MR) is 148 cm³/mol. The van der Waals surface area contributed by atoms with Crippen molar-refractivity contribution in [3.05, 3.63) is 30.3 Å². The Bertz CT molecular complexity index is 890. The molecule has 0 saturated heterocycles. The van der Waals surface area contributed by atoms with Crippen molar-refractivity contribution in [1.29, 1.82) is 0 Å². The van der Waals surface area contributed by atoms with Gasteiger partial charge in [0, 0.05) is 46.4 Å². The van der Waals surface area contributed by atoms with E-state index in [1.807, 2.05) is 51.1 Å². The molecule has 11 nitrogen and oxygen atoms in total. The molecule has 1 heterocycles. The lowest BCUT2D eigenvalue weighted by Crippen LogP contribution is -2.58. The number of rotatable bonds is 18. The van der Waals surface area contributed by atoms with Crippen LogP contribution in [-0.2, 0) is 4.74 Å². The second-order valence-corrected chi connectivity index (χ2v) is 8.09. The third kappa shape index (κ3) is 7.98. The molecule has 2 aromatic rings. The number of aliphatic hydroxyl groups is 1. The quantitative estimate of drug-likeness (QED) is 0.119. The molecule has 7 N–H and O–H groups in total. The van der Waals surface area contributed by atoms with Crippen molar-refractivity contribution in [3.63, 3.8) is 0 Å². The van der Waals surface area contributed by atoms with E-state index in [-0.39, 0.29) is 19.2 Å². The van der Waals surface area contributed by atoms with Crippen LogP contribution in [0.15, 0.2) is 30.3 Å². The van der Waals surface area contributed by atoms with Gasteiger partial charge in [0.1, 0.15) is 18.0 Å². The normalized spacial score (nSPS) is 10.9. The van der Waals surface area contributed by atoms with Crippen LogP contribution in [0.4, 0.5) is 38.8 Å². The van der Waals surface area contributed by atoms with Crippen LogP contribution in [0.3, 0.4) is 0 Å². The molecule has 2 rings (SSSR count). The molecule has 0 aliphatic heterocycles. The highest BCUT2D eigenvalue weighted by Crippen LogP contribution is 2.43. The van der Waals surface area contributed by atoms with E-state index < -0.39 is 6.67 Å². The summed E-state index contributed by atoms with van der Waals surface area (Å²) in [5, 5.41) is 26.6. The van der Waals surface area contributed by atoms with Gasteiger partial charge in [-0.2, -0.15) is 5.12 Å². The van der Waals surface area contributed by atoms with Gasteiger partial charge in [-0.05, 0) is 32.9 Å². The topological polar surface area (TPSA) is 121 Å². The van der Waals surface area contributed by atoms with Crippen LogP contribution in [0.1, 0.15) is 20.8 Å². The van der Waals surface area contributed by atoms with Gasteiger partial charge in [0.2, 0.25) is 0 Å². The molecular weight excluding hydrogens is 465 g/mol. The molecule has 0 spiro atoms. The first kappa shape index (κ1) is 29.2. The minimum atomic E-state index is -0.571. The summed E-state index contributed by atoms with van der Waals surface area (Å²) in [6, 6.07) is 9.76. The Labute approximate surface area is 213 Å². The lowest BCUT2D eigenvalue weighted by Gasteiger charge is -2.38. The van der Waals surface area contributed by atoms with Gasteiger partial charge < -0.3 is 31.1 Å². The fourth-order valence-corrected chi connectivity index (χ4v) is 3.56. The second-order valence-electron chi connectivity index (χ2n) is 8.09. The number of benzene rings is 1. The summed E-state index contributed by atoms with van der Waals surface area (Å²) >= 11 is 0. The van der Waals surface area contributed by atoms with E-state index in [2.05, 4.69) is 32.1 Å². The summed E-state index contributed by atoms with van der Waals surface area (Å²) in [7, 11) is 3.42. The number of anilines is 6. The first-order chi connectivity index (χ1) is 17.5. The molecule has 0 fully saturated rings. The van der Waals surface area contributed by atoms with Crippen molar-refractivity contribution in [2.45, 2.75) is 26.8 Å². The zero-order valence-corrected chi connectivity index (χ0v) is 22.0. The third-order valence-corrected chi connectivity index (χ3v) is 4.95. The Kier molecular flexibility index (Phi) is 12.8. The Morgan fingerprint density at radius 1 is 1.00 bits per heavy atom. The van der Waals surface area contributed by atoms with E-state index in [1.54, 1.807) is 24.4 Å². The van der Waals surface area contributed by atoms with Crippen LogP contribution in [-0.4, -0.2) is 76.4 Å². The SMILES string of the molecule is CCNc1nc(N(NCCF)N(NC)c2ccccc2)c(NCCOC)c(NCCO)c1NC(C)C. The van der Waals surface area contributed by atoms with E-state index in [9.17, 15) is 9.50 Å². The zero-order chi connectivity index (χ0) is 26.3. The van der Waals surface area contributed by atoms with Crippen molar-refractivity contribution in [3.8, 4) is 0 Å². The molecule has 0 radical (unpaired) electrons. The fraction of sp³-hybridized carbons (Fsp3) is 0.542. The Hall–Kier alpha value is -3.06. The molecule has 0 bridgehead atoms. The van der Waals surface area contributed by atoms with Crippen LogP contribution in [0.5, 0.6) is 0 Å². The van der Waals surface area contributed by atoms with Crippen molar-refractivity contribution in [2.24, 2.45) is 0 Å². The first-order valence-electron chi connectivity index (χ1n) is 12.3. The first-order valence-corrected chi connectivity index (χ1v) is 12.3. The van der Waals surface area contributed by atoms with Gasteiger partial charge in [-0.25, -0.2) is 25.3 Å². The lowest BCUT2D eigenvalue weighted by atomic mass is 10.2. The summed E-state index contributed by atoms with van der Waals surface area (Å²) in [6.07, 6.45) is 0. The summed E-state index contributed by atoms with van der Waals surface area (Å²) in [6.45, 7) is 7.46. The number of hydrogen-bond acceptors (Lipinski definition) is 11. The smallest absolute Gasteiger partial charge is 0.193 e. The number of hydrogen-bond donors (Lipinski definition) is 7. The van der Waals surface area contributed by atoms with Gasteiger partial charge in [0.05, 0.1) is 24.6 Å². The van der Waals surface area contributed by atoms with Crippen molar-refractivity contribution < 1.29 is 14.2 Å². The van der Waals surface area contributed by atoms with Crippen LogP contribution < -0.4 is 42.4 Å². The molecule has 202 valence electrons. The molecule has 1 aromatic carbocycles. The number of alkyl halides is 1. The number of halogens is 1. The van der Waals surface area contributed by atoms with Crippen LogP contribution in [0.25, 0.3) is 0 Å². The number of methoxy groups -OCH3 is 1. The molecule has 0 saturated carbocycles. The Morgan fingerprint density at radius 3 is 2.31 bits per heavy atom. The van der Waals surface area contributed by atoms with Crippen LogP contribution in [0, 0.1) is 0 Å². The average Bonchev–Trinajstić information content (AvgIpc) is 2.88. The van der Waals surface area contributed by atoms with Gasteiger partial charge in [0.15, 0.2) is 11.6 Å². The number of aromatic nitrogens is 1. The van der Waals surface area contributed by atoms with Gasteiger partial charge in [-0.15, -0.1) is 0 Å². The number of aliphatic hydroxyl groups excluding tert-OH is 1. The minimum Gasteiger partial charge on any atom is -0.395 e. The largest absolute Gasteiger partial charge is 0.395 e. The fourth-order valence-electron chi connectivity index (χ4n) is 3.56. The van der Waals surface area contributed by atoms with Crippen LogP contribution in [0.2, 0.25) is 0 Å².